The highest BCUT2D eigenvalue weighted by Gasteiger charge is 2.32. The second kappa shape index (κ2) is 8.75. The van der Waals surface area contributed by atoms with Crippen LogP contribution in [0.1, 0.15) is 41.6 Å². The first kappa shape index (κ1) is 20.7. The molecule has 1 unspecified atom stereocenters. The molecule has 3 aromatic carbocycles. The third-order valence-corrected chi connectivity index (χ3v) is 6.79. The lowest BCUT2D eigenvalue weighted by atomic mass is 9.87. The number of hydrogen-bond acceptors (Lipinski definition) is 3. The molecule has 3 aromatic rings. The largest absolute Gasteiger partial charge is 0.448 e. The van der Waals surface area contributed by atoms with Gasteiger partial charge in [-0.1, -0.05) is 60.7 Å². The second-order valence-corrected chi connectivity index (χ2v) is 8.62. The van der Waals surface area contributed by atoms with Gasteiger partial charge in [0, 0.05) is 19.0 Å². The number of halogens is 1. The van der Waals surface area contributed by atoms with Crippen LogP contribution < -0.4 is 0 Å². The van der Waals surface area contributed by atoms with Crippen molar-refractivity contribution in [3.63, 3.8) is 0 Å². The summed E-state index contributed by atoms with van der Waals surface area (Å²) in [6.45, 7) is 1.39. The molecule has 2 aliphatic rings. The molecular weight excluding hydrogens is 405 g/mol. The minimum Gasteiger partial charge on any atom is -0.448 e. The molecule has 5 heteroatoms. The van der Waals surface area contributed by atoms with Crippen molar-refractivity contribution in [2.24, 2.45) is 5.92 Å². The highest BCUT2D eigenvalue weighted by Crippen LogP contribution is 2.44. The van der Waals surface area contributed by atoms with Crippen LogP contribution in [0.25, 0.3) is 11.1 Å². The number of carbonyl (C=O) groups excluding carboxylic acids is 1. The van der Waals surface area contributed by atoms with E-state index in [0.717, 1.165) is 0 Å². The Morgan fingerprint density at radius 1 is 0.938 bits per heavy atom. The molecule has 0 aromatic heterocycles. The first-order valence-corrected chi connectivity index (χ1v) is 11.2. The van der Waals surface area contributed by atoms with E-state index in [9.17, 15) is 14.3 Å². The van der Waals surface area contributed by atoms with E-state index in [0.29, 0.717) is 38.1 Å². The van der Waals surface area contributed by atoms with E-state index in [2.05, 4.69) is 24.3 Å². The Bertz CT molecular complexity index is 1060. The molecule has 0 bridgehead atoms. The summed E-state index contributed by atoms with van der Waals surface area (Å²) in [6, 6.07) is 22.5. The molecule has 1 saturated heterocycles. The molecule has 1 aliphatic carbocycles. The zero-order valence-corrected chi connectivity index (χ0v) is 17.8. The van der Waals surface area contributed by atoms with Crippen LogP contribution in [0.4, 0.5) is 9.18 Å². The third kappa shape index (κ3) is 3.89. The summed E-state index contributed by atoms with van der Waals surface area (Å²) in [5.41, 5.74) is 5.52. The van der Waals surface area contributed by atoms with Gasteiger partial charge in [0.25, 0.3) is 0 Å². The summed E-state index contributed by atoms with van der Waals surface area (Å²) >= 11 is 0. The monoisotopic (exact) mass is 431 g/mol. The molecule has 1 aliphatic heterocycles. The quantitative estimate of drug-likeness (QED) is 0.592. The number of aliphatic hydroxyl groups excluding tert-OH is 1. The average Bonchev–Trinajstić information content (AvgIpc) is 3.16. The van der Waals surface area contributed by atoms with Gasteiger partial charge in [0.2, 0.25) is 0 Å². The summed E-state index contributed by atoms with van der Waals surface area (Å²) in [6.07, 6.45) is 0.410. The zero-order chi connectivity index (χ0) is 22.1. The van der Waals surface area contributed by atoms with Gasteiger partial charge in [-0.15, -0.1) is 0 Å². The fraction of sp³-hybridized carbons (Fsp3) is 0.296. The Balaban J connectivity index is 1.19. The lowest BCUT2D eigenvalue weighted by Crippen LogP contribution is -2.40. The number of hydrogen-bond donors (Lipinski definition) is 1. The molecule has 5 rings (SSSR count). The fourth-order valence-corrected chi connectivity index (χ4v) is 5.02. The van der Waals surface area contributed by atoms with Crippen LogP contribution in [0.3, 0.4) is 0 Å². The molecule has 1 atom stereocenters. The molecule has 0 saturated carbocycles. The first-order chi connectivity index (χ1) is 15.6. The Labute approximate surface area is 187 Å². The summed E-state index contributed by atoms with van der Waals surface area (Å²) in [5.74, 6) is -0.228. The summed E-state index contributed by atoms with van der Waals surface area (Å²) in [5, 5.41) is 10.6. The number of ether oxygens (including phenoxy) is 1. The maximum atomic E-state index is 13.1. The molecule has 1 fully saturated rings. The van der Waals surface area contributed by atoms with Gasteiger partial charge >= 0.3 is 6.09 Å². The number of likely N-dealkylation sites (tertiary alicyclic amines) is 1. The van der Waals surface area contributed by atoms with Crippen molar-refractivity contribution in [1.29, 1.82) is 0 Å². The van der Waals surface area contributed by atoms with Crippen LogP contribution in [-0.4, -0.2) is 35.8 Å². The average molecular weight is 432 g/mol. The molecule has 1 heterocycles. The van der Waals surface area contributed by atoms with Gasteiger partial charge in [-0.2, -0.15) is 0 Å². The molecular formula is C27H26FNO3. The molecule has 32 heavy (non-hydrogen) atoms. The molecule has 1 N–H and O–H groups in total. The van der Waals surface area contributed by atoms with Gasteiger partial charge in [-0.3, -0.25) is 0 Å². The van der Waals surface area contributed by atoms with Gasteiger partial charge in [0.15, 0.2) is 0 Å². The van der Waals surface area contributed by atoms with Crippen LogP contribution in [-0.2, 0) is 4.74 Å². The maximum absolute atomic E-state index is 13.1. The smallest absolute Gasteiger partial charge is 0.409 e. The predicted octanol–water partition coefficient (Wildman–Crippen LogP) is 5.52. The van der Waals surface area contributed by atoms with Crippen LogP contribution in [0.5, 0.6) is 0 Å². The van der Waals surface area contributed by atoms with Crippen LogP contribution in [0.2, 0.25) is 0 Å². The summed E-state index contributed by atoms with van der Waals surface area (Å²) in [7, 11) is 0. The summed E-state index contributed by atoms with van der Waals surface area (Å²) in [4.78, 5) is 14.5. The highest BCUT2D eigenvalue weighted by atomic mass is 19.1. The summed E-state index contributed by atoms with van der Waals surface area (Å²) < 4.78 is 18.9. The van der Waals surface area contributed by atoms with E-state index in [1.807, 2.05) is 24.3 Å². The third-order valence-electron chi connectivity index (χ3n) is 6.79. The van der Waals surface area contributed by atoms with Crippen molar-refractivity contribution in [2.75, 3.05) is 19.7 Å². The Morgan fingerprint density at radius 2 is 1.50 bits per heavy atom. The number of benzene rings is 3. The fourth-order valence-electron chi connectivity index (χ4n) is 5.02. The van der Waals surface area contributed by atoms with Gasteiger partial charge in [-0.25, -0.2) is 9.18 Å². The Morgan fingerprint density at radius 3 is 2.09 bits per heavy atom. The number of amides is 1. The SMILES string of the molecule is O=C(OCC1c2ccccc2-c2ccccc21)N1CCC(C(O)c2ccc(F)cc2)CC1. The lowest BCUT2D eigenvalue weighted by molar-refractivity contribution is 0.0464. The zero-order valence-electron chi connectivity index (χ0n) is 17.8. The van der Waals surface area contributed by atoms with E-state index in [1.165, 1.54) is 34.4 Å². The van der Waals surface area contributed by atoms with Crippen molar-refractivity contribution in [2.45, 2.75) is 24.9 Å². The molecule has 4 nitrogen and oxygen atoms in total. The van der Waals surface area contributed by atoms with Gasteiger partial charge in [0.05, 0.1) is 6.10 Å². The normalized spacial score (nSPS) is 17.0. The van der Waals surface area contributed by atoms with E-state index in [-0.39, 0.29) is 23.7 Å². The molecule has 0 spiro atoms. The second-order valence-electron chi connectivity index (χ2n) is 8.62. The Hall–Kier alpha value is -3.18. The van der Waals surface area contributed by atoms with Crippen molar-refractivity contribution in [3.8, 4) is 11.1 Å². The van der Waals surface area contributed by atoms with E-state index < -0.39 is 6.10 Å². The first-order valence-electron chi connectivity index (χ1n) is 11.2. The number of piperidine rings is 1. The maximum Gasteiger partial charge on any atom is 0.409 e. The van der Waals surface area contributed by atoms with Crippen molar-refractivity contribution < 1.29 is 19.0 Å². The molecule has 164 valence electrons. The predicted molar refractivity (Wildman–Crippen MR) is 121 cm³/mol. The van der Waals surface area contributed by atoms with Crippen LogP contribution in [0.15, 0.2) is 72.8 Å². The molecule has 0 radical (unpaired) electrons. The van der Waals surface area contributed by atoms with Gasteiger partial charge in [0.1, 0.15) is 12.4 Å². The van der Waals surface area contributed by atoms with E-state index in [1.54, 1.807) is 17.0 Å². The Kier molecular flexibility index (Phi) is 5.66. The van der Waals surface area contributed by atoms with E-state index >= 15 is 0 Å². The van der Waals surface area contributed by atoms with Crippen molar-refractivity contribution in [3.05, 3.63) is 95.3 Å². The number of nitrogens with zero attached hydrogens (tertiary/aromatic N) is 1. The minimum atomic E-state index is -0.653. The number of carbonyl (C=O) groups is 1. The number of aliphatic hydroxyl groups is 1. The van der Waals surface area contributed by atoms with Crippen LogP contribution in [0, 0.1) is 11.7 Å². The van der Waals surface area contributed by atoms with E-state index in [4.69, 9.17) is 4.74 Å². The minimum absolute atomic E-state index is 0.0399. The van der Waals surface area contributed by atoms with Crippen molar-refractivity contribution >= 4 is 6.09 Å². The topological polar surface area (TPSA) is 49.8 Å². The number of rotatable bonds is 4. The lowest BCUT2D eigenvalue weighted by Gasteiger charge is -2.34. The standard InChI is InChI=1S/C27H26FNO3/c28-20-11-9-18(10-12-20)26(30)19-13-15-29(16-14-19)27(31)32-17-25-23-7-3-1-5-21(23)22-6-2-4-8-24(22)25/h1-12,19,25-26,30H,13-17H2. The van der Waals surface area contributed by atoms with Gasteiger partial charge in [-0.05, 0) is 58.7 Å². The van der Waals surface area contributed by atoms with Crippen molar-refractivity contribution in [1.82, 2.24) is 4.90 Å². The molecule has 1 amide bonds. The van der Waals surface area contributed by atoms with Crippen LogP contribution >= 0.6 is 0 Å². The number of fused-ring (bicyclic) bond motifs is 3. The van der Waals surface area contributed by atoms with Gasteiger partial charge < -0.3 is 14.7 Å². The highest BCUT2D eigenvalue weighted by molar-refractivity contribution is 5.79.